The standard InChI is InChI=1S/C17H13Cl2NO3/c1-23-10-3-5-15-11(7-10)12(8-16(21)22)17(20-15)9-2-4-13(18)14(19)6-9/h2-7,20H,8H2,1H3,(H,21,22). The maximum absolute atomic E-state index is 11.3. The molecule has 23 heavy (non-hydrogen) atoms. The van der Waals surface area contributed by atoms with Crippen molar-refractivity contribution in [3.05, 3.63) is 52.0 Å². The predicted octanol–water partition coefficient (Wildman–Crippen LogP) is 4.78. The lowest BCUT2D eigenvalue weighted by Crippen LogP contribution is -2.01. The zero-order valence-corrected chi connectivity index (χ0v) is 13.7. The highest BCUT2D eigenvalue weighted by atomic mass is 35.5. The van der Waals surface area contributed by atoms with Crippen LogP contribution in [0.5, 0.6) is 5.75 Å². The van der Waals surface area contributed by atoms with Gasteiger partial charge in [0.15, 0.2) is 0 Å². The largest absolute Gasteiger partial charge is 0.497 e. The summed E-state index contributed by atoms with van der Waals surface area (Å²) >= 11 is 12.0. The maximum atomic E-state index is 11.3. The third-order valence-electron chi connectivity index (χ3n) is 3.65. The number of H-pyrrole nitrogens is 1. The number of ether oxygens (including phenoxy) is 1. The summed E-state index contributed by atoms with van der Waals surface area (Å²) in [6.07, 6.45) is -0.108. The molecule has 0 aliphatic carbocycles. The summed E-state index contributed by atoms with van der Waals surface area (Å²) in [5.41, 5.74) is 3.02. The lowest BCUT2D eigenvalue weighted by Gasteiger charge is -2.05. The Labute approximate surface area is 142 Å². The number of benzene rings is 2. The van der Waals surface area contributed by atoms with Gasteiger partial charge in [0.2, 0.25) is 0 Å². The normalized spacial score (nSPS) is 10.9. The number of hydrogen-bond acceptors (Lipinski definition) is 2. The van der Waals surface area contributed by atoms with Crippen molar-refractivity contribution in [3.8, 4) is 17.0 Å². The van der Waals surface area contributed by atoms with Crippen LogP contribution in [-0.2, 0) is 11.2 Å². The molecule has 0 unspecified atom stereocenters. The third-order valence-corrected chi connectivity index (χ3v) is 4.39. The molecule has 6 heteroatoms. The highest BCUT2D eigenvalue weighted by Gasteiger charge is 2.17. The van der Waals surface area contributed by atoms with Crippen molar-refractivity contribution >= 4 is 40.1 Å². The quantitative estimate of drug-likeness (QED) is 0.712. The molecule has 0 saturated carbocycles. The van der Waals surface area contributed by atoms with Crippen molar-refractivity contribution in [1.29, 1.82) is 0 Å². The molecule has 0 bridgehead atoms. The zero-order valence-electron chi connectivity index (χ0n) is 12.2. The molecule has 0 radical (unpaired) electrons. The fourth-order valence-electron chi connectivity index (χ4n) is 2.59. The minimum Gasteiger partial charge on any atom is -0.497 e. The van der Waals surface area contributed by atoms with Gasteiger partial charge in [-0.2, -0.15) is 0 Å². The van der Waals surface area contributed by atoms with E-state index in [4.69, 9.17) is 27.9 Å². The number of methoxy groups -OCH3 is 1. The van der Waals surface area contributed by atoms with Gasteiger partial charge in [0.05, 0.1) is 29.3 Å². The topological polar surface area (TPSA) is 62.3 Å². The summed E-state index contributed by atoms with van der Waals surface area (Å²) in [6, 6.07) is 10.7. The number of carboxylic acid groups (broad SMARTS) is 1. The van der Waals surface area contributed by atoms with Gasteiger partial charge in [-0.25, -0.2) is 0 Å². The molecule has 2 aromatic carbocycles. The Kier molecular flexibility index (Phi) is 4.20. The molecular formula is C17H13Cl2NO3. The van der Waals surface area contributed by atoms with E-state index in [1.54, 1.807) is 19.2 Å². The molecule has 3 aromatic rings. The monoisotopic (exact) mass is 349 g/mol. The summed E-state index contributed by atoms with van der Waals surface area (Å²) in [4.78, 5) is 14.5. The Morgan fingerprint density at radius 1 is 1.17 bits per heavy atom. The van der Waals surface area contributed by atoms with Gasteiger partial charge in [0, 0.05) is 10.9 Å². The van der Waals surface area contributed by atoms with Gasteiger partial charge in [0.1, 0.15) is 5.75 Å². The van der Waals surface area contributed by atoms with E-state index in [0.717, 1.165) is 16.5 Å². The van der Waals surface area contributed by atoms with E-state index in [0.29, 0.717) is 27.1 Å². The van der Waals surface area contributed by atoms with E-state index in [9.17, 15) is 9.90 Å². The summed E-state index contributed by atoms with van der Waals surface area (Å²) in [6.45, 7) is 0. The highest BCUT2D eigenvalue weighted by molar-refractivity contribution is 6.42. The Hall–Kier alpha value is -2.17. The number of hydrogen-bond donors (Lipinski definition) is 2. The number of carbonyl (C=O) groups is 1. The molecule has 2 N–H and O–H groups in total. The van der Waals surface area contributed by atoms with E-state index < -0.39 is 5.97 Å². The number of aromatic nitrogens is 1. The number of rotatable bonds is 4. The van der Waals surface area contributed by atoms with Gasteiger partial charge in [-0.1, -0.05) is 29.3 Å². The molecule has 0 saturated heterocycles. The molecule has 0 atom stereocenters. The van der Waals surface area contributed by atoms with Crippen LogP contribution in [0.4, 0.5) is 0 Å². The van der Waals surface area contributed by atoms with Gasteiger partial charge in [-0.15, -0.1) is 0 Å². The molecule has 1 aromatic heterocycles. The van der Waals surface area contributed by atoms with Gasteiger partial charge in [-0.3, -0.25) is 4.79 Å². The second kappa shape index (κ2) is 6.14. The van der Waals surface area contributed by atoms with Crippen LogP contribution in [-0.4, -0.2) is 23.2 Å². The third kappa shape index (κ3) is 3.00. The Balaban J connectivity index is 2.25. The van der Waals surface area contributed by atoms with Crippen molar-refractivity contribution in [2.24, 2.45) is 0 Å². The first-order valence-corrected chi connectivity index (χ1v) is 7.61. The van der Waals surface area contributed by atoms with Crippen molar-refractivity contribution in [2.45, 2.75) is 6.42 Å². The van der Waals surface area contributed by atoms with E-state index >= 15 is 0 Å². The molecule has 3 rings (SSSR count). The molecule has 1 heterocycles. The van der Waals surface area contributed by atoms with Crippen molar-refractivity contribution in [3.63, 3.8) is 0 Å². The summed E-state index contributed by atoms with van der Waals surface area (Å²) in [5, 5.41) is 10.9. The van der Waals surface area contributed by atoms with Crippen LogP contribution in [0, 0.1) is 0 Å². The smallest absolute Gasteiger partial charge is 0.307 e. The van der Waals surface area contributed by atoms with Crippen molar-refractivity contribution in [2.75, 3.05) is 7.11 Å². The average molecular weight is 350 g/mol. The molecule has 0 aliphatic rings. The van der Waals surface area contributed by atoms with E-state index in [1.807, 2.05) is 24.3 Å². The molecular weight excluding hydrogens is 337 g/mol. The van der Waals surface area contributed by atoms with E-state index in [1.165, 1.54) is 0 Å². The minimum atomic E-state index is -0.907. The number of nitrogens with one attached hydrogen (secondary N) is 1. The predicted molar refractivity (Wildman–Crippen MR) is 91.6 cm³/mol. The number of aromatic amines is 1. The van der Waals surface area contributed by atoms with Crippen LogP contribution >= 0.6 is 23.2 Å². The summed E-state index contributed by atoms with van der Waals surface area (Å²) in [5.74, 6) is -0.237. The van der Waals surface area contributed by atoms with Gasteiger partial charge in [0.25, 0.3) is 0 Å². The fourth-order valence-corrected chi connectivity index (χ4v) is 2.88. The van der Waals surface area contributed by atoms with Gasteiger partial charge >= 0.3 is 5.97 Å². The van der Waals surface area contributed by atoms with Crippen LogP contribution < -0.4 is 4.74 Å². The lowest BCUT2D eigenvalue weighted by molar-refractivity contribution is -0.136. The number of carboxylic acids is 1. The average Bonchev–Trinajstić information content (AvgIpc) is 2.87. The number of aliphatic carboxylic acids is 1. The fraction of sp³-hybridized carbons (Fsp3) is 0.118. The Morgan fingerprint density at radius 2 is 1.96 bits per heavy atom. The summed E-state index contributed by atoms with van der Waals surface area (Å²) in [7, 11) is 1.57. The van der Waals surface area contributed by atoms with Gasteiger partial charge in [-0.05, 0) is 41.5 Å². The highest BCUT2D eigenvalue weighted by Crippen LogP contribution is 2.35. The molecule has 0 amide bonds. The Bertz CT molecular complexity index is 902. The van der Waals surface area contributed by atoms with Crippen LogP contribution in [0.1, 0.15) is 5.56 Å². The van der Waals surface area contributed by atoms with Crippen molar-refractivity contribution < 1.29 is 14.6 Å². The molecule has 0 spiro atoms. The molecule has 118 valence electrons. The Morgan fingerprint density at radius 3 is 2.61 bits per heavy atom. The maximum Gasteiger partial charge on any atom is 0.307 e. The SMILES string of the molecule is COc1ccc2[nH]c(-c3ccc(Cl)c(Cl)c3)c(CC(=O)O)c2c1. The number of fused-ring (bicyclic) bond motifs is 1. The van der Waals surface area contributed by atoms with Crippen LogP contribution in [0.15, 0.2) is 36.4 Å². The van der Waals surface area contributed by atoms with Crippen LogP contribution in [0.2, 0.25) is 10.0 Å². The number of halogens is 2. The lowest BCUT2D eigenvalue weighted by atomic mass is 10.0. The van der Waals surface area contributed by atoms with E-state index in [2.05, 4.69) is 4.98 Å². The first-order valence-electron chi connectivity index (χ1n) is 6.85. The first-order chi connectivity index (χ1) is 11.0. The van der Waals surface area contributed by atoms with Crippen LogP contribution in [0.3, 0.4) is 0 Å². The van der Waals surface area contributed by atoms with Crippen molar-refractivity contribution in [1.82, 2.24) is 4.98 Å². The molecule has 0 fully saturated rings. The second-order valence-electron chi connectivity index (χ2n) is 5.09. The molecule has 4 nitrogen and oxygen atoms in total. The minimum absolute atomic E-state index is 0.108. The van der Waals surface area contributed by atoms with Crippen LogP contribution in [0.25, 0.3) is 22.2 Å². The van der Waals surface area contributed by atoms with E-state index in [-0.39, 0.29) is 6.42 Å². The molecule has 0 aliphatic heterocycles. The first kappa shape index (κ1) is 15.7. The second-order valence-corrected chi connectivity index (χ2v) is 5.90. The zero-order chi connectivity index (χ0) is 16.6. The van der Waals surface area contributed by atoms with Gasteiger partial charge < -0.3 is 14.8 Å². The summed E-state index contributed by atoms with van der Waals surface area (Å²) < 4.78 is 5.23.